The van der Waals surface area contributed by atoms with Crippen LogP contribution in [0.3, 0.4) is 0 Å². The van der Waals surface area contributed by atoms with E-state index < -0.39 is 32.3 Å². The van der Waals surface area contributed by atoms with Crippen LogP contribution in [0.4, 0.5) is 0 Å². The van der Waals surface area contributed by atoms with Crippen LogP contribution < -0.4 is 81.2 Å². The Balaban J connectivity index is 1.05. The summed E-state index contributed by atoms with van der Waals surface area (Å²) in [6.07, 6.45) is 1.85. The maximum Gasteiger partial charge on any atom is 0.145 e. The van der Waals surface area contributed by atoms with Gasteiger partial charge in [0.2, 0.25) is 0 Å². The highest BCUT2D eigenvalue weighted by molar-refractivity contribution is 7.12. The fourth-order valence-corrected chi connectivity index (χ4v) is 32.5. The molecule has 116 heavy (non-hydrogen) atoms. The molecule has 8 bridgehead atoms. The molecule has 16 aromatic rings. The molecule has 0 heterocycles. The van der Waals surface area contributed by atoms with E-state index in [1.807, 2.05) is 0 Å². The SMILES string of the molecule is C[Si](c1ccccc1)(c1ccccc1)c1cc2c(OCc3ccccc3)c(c1)Cc1cc([Si](C)(c3ccccc3)c3ccccc3)cc(c1OCc1ccccc1)Cc1cc([Si](C)(c3ccccc3)c3ccccc3)cc(c1OCc1ccccc1)Cc1cc([Si](C)(c3ccccc3)c3ccccc3)cc(c1OCc1ccccc1)C2. The molecule has 0 aliphatic heterocycles. The van der Waals surface area contributed by atoms with Gasteiger partial charge in [-0.2, -0.15) is 0 Å². The van der Waals surface area contributed by atoms with Gasteiger partial charge in [0.05, 0.1) is 0 Å². The van der Waals surface area contributed by atoms with E-state index in [4.69, 9.17) is 18.9 Å². The molecule has 568 valence electrons. The average molecular weight is 1570 g/mol. The zero-order valence-corrected chi connectivity index (χ0v) is 70.5. The van der Waals surface area contributed by atoms with Crippen molar-refractivity contribution < 1.29 is 18.9 Å². The monoisotopic (exact) mass is 1570 g/mol. The van der Waals surface area contributed by atoms with Crippen molar-refractivity contribution >= 4 is 94.5 Å². The lowest BCUT2D eigenvalue weighted by atomic mass is 9.91. The number of benzene rings is 16. The molecule has 8 heteroatoms. The summed E-state index contributed by atoms with van der Waals surface area (Å²) >= 11 is 0. The van der Waals surface area contributed by atoms with Crippen LogP contribution in [0.25, 0.3) is 0 Å². The molecule has 1 aliphatic carbocycles. The second-order valence-corrected chi connectivity index (χ2v) is 47.7. The molecule has 0 fully saturated rings. The molecule has 0 saturated heterocycles. The lowest BCUT2D eigenvalue weighted by Gasteiger charge is -2.34. The lowest BCUT2D eigenvalue weighted by molar-refractivity contribution is 0.293. The largest absolute Gasteiger partial charge is 0.488 e. The van der Waals surface area contributed by atoms with Gasteiger partial charge in [-0.1, -0.05) is 439 Å². The summed E-state index contributed by atoms with van der Waals surface area (Å²) in [5.74, 6) is 3.44. The van der Waals surface area contributed by atoms with Crippen molar-refractivity contribution in [3.8, 4) is 23.0 Å². The van der Waals surface area contributed by atoms with Crippen LogP contribution in [0, 0.1) is 0 Å². The third-order valence-corrected chi connectivity index (χ3v) is 42.2. The Bertz CT molecular complexity index is 4980. The molecular weight excluding hydrogens is 1470 g/mol. The second kappa shape index (κ2) is 34.3. The number of rotatable bonds is 24. The first-order valence-electron chi connectivity index (χ1n) is 40.8. The summed E-state index contributed by atoms with van der Waals surface area (Å²) in [5.41, 5.74) is 13.0. The molecule has 0 amide bonds. The zero-order valence-electron chi connectivity index (χ0n) is 66.5. The summed E-state index contributed by atoms with van der Waals surface area (Å²) in [5, 5.41) is 15.7. The highest BCUT2D eigenvalue weighted by Gasteiger charge is 2.42. The van der Waals surface area contributed by atoms with Crippen molar-refractivity contribution in [2.45, 2.75) is 78.3 Å². The van der Waals surface area contributed by atoms with E-state index in [1.165, 1.54) is 62.2 Å². The first-order chi connectivity index (χ1) is 57.0. The first-order valence-corrected chi connectivity index (χ1v) is 50.8. The number of hydrogen-bond donors (Lipinski definition) is 0. The standard InChI is InChI=1S/C108H96O4Si4/c1-113(93-49-25-9-26-50-93,94-51-27-10-28-52-94)101-69-85-65-87-71-102(114(2,95-53-29-11-30-54-95)96-55-31-12-32-56-96)73-89(106(87)110-78-82-43-19-6-20-44-82)67-91-75-104(116(4,99-61-37-15-38-62-99)100-63-39-16-40-64-100)76-92(108(91)112-80-84-47-23-8-24-48-84)68-90-74-103(115(3,97-57-33-13-34-58-97)98-59-35-14-36-60-98)72-88(107(90)111-79-83-45-21-7-22-46-83)66-86(70-101)105(85)109-77-81-41-17-5-18-42-81/h5-64,69-76H,65-68,77-80H2,1-4H3. The van der Waals surface area contributed by atoms with Gasteiger partial charge in [-0.05, 0) is 129 Å². The average Bonchev–Trinajstić information content (AvgIpc) is 0.743. The van der Waals surface area contributed by atoms with Gasteiger partial charge in [-0.15, -0.1) is 0 Å². The smallest absolute Gasteiger partial charge is 0.145 e. The summed E-state index contributed by atoms with van der Waals surface area (Å²) in [6, 6.07) is 154. The van der Waals surface area contributed by atoms with E-state index in [2.05, 4.69) is 439 Å². The Morgan fingerprint density at radius 3 is 0.414 bits per heavy atom. The van der Waals surface area contributed by atoms with Crippen molar-refractivity contribution in [1.82, 2.24) is 0 Å². The first kappa shape index (κ1) is 76.2. The molecule has 16 aromatic carbocycles. The van der Waals surface area contributed by atoms with Crippen molar-refractivity contribution in [3.05, 3.63) is 479 Å². The number of hydrogen-bond acceptors (Lipinski definition) is 4. The summed E-state index contributed by atoms with van der Waals surface area (Å²) in [7, 11) is -11.9. The van der Waals surface area contributed by atoms with Crippen molar-refractivity contribution in [2.24, 2.45) is 0 Å². The van der Waals surface area contributed by atoms with Gasteiger partial charge in [0.1, 0.15) is 81.7 Å². The number of ether oxygens (including phenoxy) is 4. The predicted octanol–water partition coefficient (Wildman–Crippen LogP) is 17.1. The number of fused-ring (bicyclic) bond motifs is 8. The Kier molecular flexibility index (Phi) is 22.6. The minimum atomic E-state index is -2.98. The molecule has 17 rings (SSSR count). The molecule has 0 atom stereocenters. The molecule has 4 nitrogen and oxygen atoms in total. The van der Waals surface area contributed by atoms with Crippen LogP contribution in [0.1, 0.15) is 66.8 Å². The van der Waals surface area contributed by atoms with Crippen LogP contribution in [0.2, 0.25) is 26.2 Å². The van der Waals surface area contributed by atoms with Crippen LogP contribution in [0.15, 0.2) is 413 Å². The van der Waals surface area contributed by atoms with Crippen LogP contribution in [-0.4, -0.2) is 32.3 Å². The quantitative estimate of drug-likeness (QED) is 0.0446. The molecule has 1 aliphatic rings. The second-order valence-electron chi connectivity index (χ2n) is 31.7. The molecule has 0 spiro atoms. The van der Waals surface area contributed by atoms with Crippen molar-refractivity contribution in [1.29, 1.82) is 0 Å². The molecule has 0 saturated carbocycles. The van der Waals surface area contributed by atoms with E-state index in [-0.39, 0.29) is 0 Å². The zero-order chi connectivity index (χ0) is 78.7. The van der Waals surface area contributed by atoms with Gasteiger partial charge in [0, 0.05) is 25.7 Å². The van der Waals surface area contributed by atoms with Gasteiger partial charge >= 0.3 is 0 Å². The van der Waals surface area contributed by atoms with Gasteiger partial charge in [-0.3, -0.25) is 0 Å². The fraction of sp³-hybridized carbons (Fsp3) is 0.111. The Morgan fingerprint density at radius 2 is 0.284 bits per heavy atom. The topological polar surface area (TPSA) is 36.9 Å². The van der Waals surface area contributed by atoms with Crippen LogP contribution in [-0.2, 0) is 52.1 Å². The van der Waals surface area contributed by atoms with Crippen molar-refractivity contribution in [3.63, 3.8) is 0 Å². The van der Waals surface area contributed by atoms with E-state index >= 15 is 0 Å². The Morgan fingerprint density at radius 1 is 0.164 bits per heavy atom. The van der Waals surface area contributed by atoms with Gasteiger partial charge in [0.15, 0.2) is 0 Å². The van der Waals surface area contributed by atoms with Gasteiger partial charge in [0.25, 0.3) is 0 Å². The summed E-state index contributed by atoms with van der Waals surface area (Å²) in [4.78, 5) is 0. The highest BCUT2D eigenvalue weighted by Crippen LogP contribution is 2.41. The molecule has 0 aromatic heterocycles. The van der Waals surface area contributed by atoms with E-state index in [9.17, 15) is 0 Å². The normalized spacial score (nSPS) is 12.3. The minimum absolute atomic E-state index is 0.342. The Hall–Kier alpha value is -12.4. The fourth-order valence-electron chi connectivity index (χ4n) is 17.9. The summed E-state index contributed by atoms with van der Waals surface area (Å²) < 4.78 is 31.6. The Labute approximate surface area is 689 Å². The lowest BCUT2D eigenvalue weighted by Crippen LogP contribution is -2.65. The third-order valence-electron chi connectivity index (χ3n) is 24.5. The highest BCUT2D eigenvalue weighted by atomic mass is 28.3. The van der Waals surface area contributed by atoms with Gasteiger partial charge in [-0.25, -0.2) is 0 Å². The van der Waals surface area contributed by atoms with Crippen LogP contribution >= 0.6 is 0 Å². The molecule has 0 unspecified atom stereocenters. The summed E-state index contributed by atoms with van der Waals surface area (Å²) in [6.45, 7) is 11.6. The molecule has 0 radical (unpaired) electrons. The van der Waals surface area contributed by atoms with Crippen molar-refractivity contribution in [2.75, 3.05) is 0 Å². The van der Waals surface area contributed by atoms with E-state index in [0.29, 0.717) is 52.1 Å². The third kappa shape index (κ3) is 15.7. The van der Waals surface area contributed by atoms with Gasteiger partial charge < -0.3 is 18.9 Å². The predicted molar refractivity (Wildman–Crippen MR) is 494 cm³/mol. The van der Waals surface area contributed by atoms with E-state index in [1.54, 1.807) is 0 Å². The minimum Gasteiger partial charge on any atom is -0.488 e. The van der Waals surface area contributed by atoms with Crippen LogP contribution in [0.5, 0.6) is 23.0 Å². The van der Waals surface area contributed by atoms with E-state index in [0.717, 1.165) is 89.8 Å². The molecule has 0 N–H and O–H groups in total. The maximum absolute atomic E-state index is 7.90. The maximum atomic E-state index is 7.90. The molecular formula is C108H96O4Si4.